The Balaban J connectivity index is 1.97. The maximum atomic E-state index is 4.76. The van der Waals surface area contributed by atoms with Crippen LogP contribution >= 0.6 is 24.9 Å². The van der Waals surface area contributed by atoms with E-state index in [2.05, 4.69) is 16.9 Å². The fourth-order valence-electron chi connectivity index (χ4n) is 0. The first kappa shape index (κ1) is 4.62. The predicted molar refractivity (Wildman–Crippen MR) is 23.9 cm³/mol. The minimum Gasteiger partial charge on any atom is -0.264 e. The zero-order valence-corrected chi connectivity index (χ0v) is 3.64. The van der Waals surface area contributed by atoms with E-state index in [0.29, 0.717) is 0 Å². The van der Waals surface area contributed by atoms with E-state index in [1.807, 2.05) is 0 Å². The van der Waals surface area contributed by atoms with Gasteiger partial charge in [0.2, 0.25) is 0 Å². The minimum atomic E-state index is 0.971. The molecule has 0 saturated heterocycles. The second kappa shape index (κ2) is 3.62. The highest BCUT2D eigenvalue weighted by Gasteiger charge is 1.51. The van der Waals surface area contributed by atoms with Gasteiger partial charge in [0.25, 0.3) is 0 Å². The Kier molecular flexibility index (Phi) is 4.18. The Labute approximate surface area is 34.9 Å². The lowest BCUT2D eigenvalue weighted by atomic mass is 13.9. The van der Waals surface area contributed by atoms with E-state index in [1.165, 1.54) is 0 Å². The highest BCUT2D eigenvalue weighted by atomic mass is 32.2. The van der Waals surface area contributed by atoms with Gasteiger partial charge in [-0.05, 0) is 0 Å². The maximum Gasteiger partial charge on any atom is 0.0108 e. The maximum absolute atomic E-state index is 4.76. The Morgan fingerprint density at radius 3 is 2.25 bits per heavy atom. The first-order valence-corrected chi connectivity index (χ1v) is 1.99. The predicted octanol–water partition coefficient (Wildman–Crippen LogP) is -0.0573. The highest BCUT2D eigenvalue weighted by molar-refractivity contribution is 8.04. The van der Waals surface area contributed by atoms with Crippen LogP contribution in [0.3, 0.4) is 0 Å². The van der Waals surface area contributed by atoms with Crippen LogP contribution in [0.15, 0.2) is 0 Å². The van der Waals surface area contributed by atoms with Crippen molar-refractivity contribution >= 4 is 24.9 Å². The summed E-state index contributed by atoms with van der Waals surface area (Å²) in [5, 5.41) is 4.76. The van der Waals surface area contributed by atoms with Gasteiger partial charge < -0.3 is 0 Å². The minimum absolute atomic E-state index is 0.971. The molecular weight excluding hydrogens is 92.1 g/mol. The van der Waals surface area contributed by atoms with Gasteiger partial charge in [-0.1, -0.05) is 12.8 Å². The molecule has 26 valence electrons. The first-order chi connectivity index (χ1) is 1.91. The number of hydrogen-bond donors (Lipinski definition) is 3. The molecule has 0 aliphatic carbocycles. The molecule has 0 rings (SSSR count). The van der Waals surface area contributed by atoms with Crippen molar-refractivity contribution in [2.45, 2.75) is 0 Å². The molecule has 0 aliphatic rings. The van der Waals surface area contributed by atoms with Gasteiger partial charge in [-0.2, -0.15) is 4.13 Å². The smallest absolute Gasteiger partial charge is 0.0108 e. The molecule has 0 aromatic rings. The lowest BCUT2D eigenvalue weighted by Crippen LogP contribution is -1.86. The summed E-state index contributed by atoms with van der Waals surface area (Å²) in [4.78, 5) is 0. The first-order valence-electron chi connectivity index (χ1n) is 0.663. The fourth-order valence-corrected chi connectivity index (χ4v) is 0. The summed E-state index contributed by atoms with van der Waals surface area (Å²) in [7, 11) is 0. The third-order valence-electron chi connectivity index (χ3n) is 0.0527. The summed E-state index contributed by atoms with van der Waals surface area (Å²) in [6.45, 7) is 0. The molecule has 0 saturated carbocycles. The largest absolute Gasteiger partial charge is 0.264 e. The van der Waals surface area contributed by atoms with Gasteiger partial charge in [-0.3, -0.25) is 5.14 Å². The SMILES string of the molecule is NSNS. The molecule has 0 fully saturated rings. The fraction of sp³-hybridized carbons (Fsp3) is 0. The lowest BCUT2D eigenvalue weighted by Gasteiger charge is -1.74. The summed E-state index contributed by atoms with van der Waals surface area (Å²) in [6.07, 6.45) is 0. The molecule has 4 heteroatoms. The molecule has 0 heterocycles. The van der Waals surface area contributed by atoms with Gasteiger partial charge >= 0.3 is 0 Å². The molecule has 0 bridgehead atoms. The molecule has 3 N–H and O–H groups in total. The standard InChI is InChI=1S/H4N2S2/c1-4-2-3/h2-3H,1H2. The molecule has 0 amide bonds. The molecule has 2 nitrogen and oxygen atoms in total. The molecular formula is H4N2S2. The van der Waals surface area contributed by atoms with Gasteiger partial charge in [-0.15, -0.1) is 0 Å². The van der Waals surface area contributed by atoms with Crippen LogP contribution in [0.2, 0.25) is 0 Å². The Morgan fingerprint density at radius 2 is 2.25 bits per heavy atom. The third-order valence-corrected chi connectivity index (χ3v) is 0.474. The number of nitrogens with two attached hydrogens (primary N) is 1. The van der Waals surface area contributed by atoms with Crippen molar-refractivity contribution in [2.75, 3.05) is 0 Å². The normalized spacial score (nSPS) is 7.50. The molecule has 0 atom stereocenters. The molecule has 0 aliphatic heterocycles. The van der Waals surface area contributed by atoms with Crippen LogP contribution in [0.4, 0.5) is 0 Å². The Morgan fingerprint density at radius 1 is 2.00 bits per heavy atom. The van der Waals surface area contributed by atoms with Crippen LogP contribution in [0.1, 0.15) is 0 Å². The average Bonchev–Trinajstić information content (AvgIpc) is 1.37. The number of thiol groups is 1. The van der Waals surface area contributed by atoms with Crippen LogP contribution in [0, 0.1) is 0 Å². The van der Waals surface area contributed by atoms with E-state index < -0.39 is 0 Å². The van der Waals surface area contributed by atoms with E-state index in [1.54, 1.807) is 0 Å². The van der Waals surface area contributed by atoms with Crippen LogP contribution in [0.5, 0.6) is 0 Å². The van der Waals surface area contributed by atoms with Gasteiger partial charge in [0.05, 0.1) is 0 Å². The van der Waals surface area contributed by atoms with E-state index in [9.17, 15) is 0 Å². The summed E-state index contributed by atoms with van der Waals surface area (Å²) >= 11 is 4.48. The van der Waals surface area contributed by atoms with Crippen molar-refractivity contribution in [3.05, 3.63) is 0 Å². The molecule has 0 aromatic heterocycles. The van der Waals surface area contributed by atoms with Crippen LogP contribution in [0.25, 0.3) is 0 Å². The molecule has 0 unspecified atom stereocenters. The van der Waals surface area contributed by atoms with Crippen molar-refractivity contribution in [2.24, 2.45) is 5.14 Å². The van der Waals surface area contributed by atoms with Crippen LogP contribution in [-0.4, -0.2) is 0 Å². The van der Waals surface area contributed by atoms with Crippen molar-refractivity contribution in [1.82, 2.24) is 4.13 Å². The topological polar surface area (TPSA) is 38.0 Å². The number of nitrogens with one attached hydrogen (secondary N) is 1. The zero-order valence-electron chi connectivity index (χ0n) is 1.93. The van der Waals surface area contributed by atoms with E-state index in [0.717, 1.165) is 12.1 Å². The molecule has 0 aromatic carbocycles. The summed E-state index contributed by atoms with van der Waals surface area (Å²) in [6, 6.07) is 0. The number of rotatable bonds is 1. The second-order valence-corrected chi connectivity index (χ2v) is 1.18. The summed E-state index contributed by atoms with van der Waals surface area (Å²) < 4.78 is 2.32. The van der Waals surface area contributed by atoms with Crippen LogP contribution in [-0.2, 0) is 0 Å². The van der Waals surface area contributed by atoms with E-state index >= 15 is 0 Å². The third kappa shape index (κ3) is 2.62. The molecule has 4 heavy (non-hydrogen) atoms. The van der Waals surface area contributed by atoms with Gasteiger partial charge in [-0.25, -0.2) is 0 Å². The van der Waals surface area contributed by atoms with Crippen LogP contribution < -0.4 is 9.27 Å². The van der Waals surface area contributed by atoms with E-state index in [4.69, 9.17) is 5.14 Å². The van der Waals surface area contributed by atoms with Crippen molar-refractivity contribution in [3.8, 4) is 0 Å². The van der Waals surface area contributed by atoms with Gasteiger partial charge in [0.1, 0.15) is 0 Å². The average molecular weight is 96.2 g/mol. The van der Waals surface area contributed by atoms with Crippen molar-refractivity contribution < 1.29 is 0 Å². The quantitative estimate of drug-likeness (QED) is 0.316. The monoisotopic (exact) mass is 96.0 g/mol. The number of hydrogen-bond acceptors (Lipinski definition) is 4. The van der Waals surface area contributed by atoms with Gasteiger partial charge in [0, 0.05) is 12.1 Å². The Hall–Kier alpha value is 0.620. The lowest BCUT2D eigenvalue weighted by molar-refractivity contribution is 1.75. The van der Waals surface area contributed by atoms with Crippen molar-refractivity contribution in [1.29, 1.82) is 0 Å². The van der Waals surface area contributed by atoms with Crippen molar-refractivity contribution in [3.63, 3.8) is 0 Å². The van der Waals surface area contributed by atoms with E-state index in [-0.39, 0.29) is 0 Å². The van der Waals surface area contributed by atoms with Gasteiger partial charge in [0.15, 0.2) is 0 Å². The zero-order chi connectivity index (χ0) is 3.41. The molecule has 0 radical (unpaired) electrons. The highest BCUT2D eigenvalue weighted by Crippen LogP contribution is 1.70. The summed E-state index contributed by atoms with van der Waals surface area (Å²) in [5.41, 5.74) is 0. The molecule has 0 spiro atoms. The summed E-state index contributed by atoms with van der Waals surface area (Å²) in [5.74, 6) is 0. The Bertz CT molecular complexity index is 6.00. The second-order valence-electron chi connectivity index (χ2n) is 0.209.